The van der Waals surface area contributed by atoms with Gasteiger partial charge in [0.15, 0.2) is 0 Å². The molecule has 4 rings (SSSR count). The van der Waals surface area contributed by atoms with Gasteiger partial charge in [-0.3, -0.25) is 0 Å². The fourth-order valence-corrected chi connectivity index (χ4v) is 7.12. The number of rotatable bonds is 9. The Morgan fingerprint density at radius 1 is 0.906 bits per heavy atom. The topological polar surface area (TPSA) is 9.23 Å². The maximum atomic E-state index is 14.9. The Labute approximate surface area is 196 Å². The zero-order chi connectivity index (χ0) is 22.3. The second-order valence-corrected chi connectivity index (χ2v) is 11.2. The van der Waals surface area contributed by atoms with Crippen molar-refractivity contribution in [3.8, 4) is 5.75 Å². The van der Waals surface area contributed by atoms with Crippen molar-refractivity contribution in [3.05, 3.63) is 42.2 Å². The van der Waals surface area contributed by atoms with E-state index in [1.54, 1.807) is 6.07 Å². The van der Waals surface area contributed by atoms with Crippen LogP contribution in [0, 0.1) is 35.4 Å². The zero-order valence-electron chi connectivity index (χ0n) is 20.4. The van der Waals surface area contributed by atoms with Crippen LogP contribution in [0.4, 0.5) is 4.39 Å². The predicted octanol–water partition coefficient (Wildman–Crippen LogP) is 9.08. The fourth-order valence-electron chi connectivity index (χ4n) is 7.12. The van der Waals surface area contributed by atoms with Crippen molar-refractivity contribution in [1.29, 1.82) is 0 Å². The van der Waals surface area contributed by atoms with E-state index in [1.807, 2.05) is 18.2 Å². The Bertz CT molecular complexity index is 720. The van der Waals surface area contributed by atoms with Gasteiger partial charge in [0.1, 0.15) is 11.6 Å². The molecule has 2 heteroatoms. The van der Waals surface area contributed by atoms with Gasteiger partial charge >= 0.3 is 0 Å². The van der Waals surface area contributed by atoms with Gasteiger partial charge in [-0.05, 0) is 85.7 Å². The summed E-state index contributed by atoms with van der Waals surface area (Å²) in [4.78, 5) is 0. The molecule has 0 spiro atoms. The summed E-state index contributed by atoms with van der Waals surface area (Å²) >= 11 is 0. The van der Waals surface area contributed by atoms with E-state index in [9.17, 15) is 4.39 Å². The van der Waals surface area contributed by atoms with Crippen molar-refractivity contribution in [2.24, 2.45) is 29.6 Å². The molecule has 3 saturated carbocycles. The number of hydrogen-bond acceptors (Lipinski definition) is 1. The van der Waals surface area contributed by atoms with Gasteiger partial charge < -0.3 is 4.74 Å². The highest BCUT2D eigenvalue weighted by Gasteiger charge is 2.36. The third kappa shape index (κ3) is 6.17. The van der Waals surface area contributed by atoms with Gasteiger partial charge in [0.25, 0.3) is 0 Å². The Hall–Kier alpha value is -1.31. The molecule has 3 aliphatic rings. The summed E-state index contributed by atoms with van der Waals surface area (Å²) in [6.07, 6.45) is 20.8. The summed E-state index contributed by atoms with van der Waals surface area (Å²) in [5.41, 5.74) is 0.921. The van der Waals surface area contributed by atoms with Crippen molar-refractivity contribution in [2.75, 3.05) is 6.61 Å². The number of hydrogen-bond donors (Lipinski definition) is 0. The van der Waals surface area contributed by atoms with Gasteiger partial charge in [-0.15, -0.1) is 6.58 Å². The number of halogens is 1. The molecule has 3 fully saturated rings. The first-order valence-electron chi connectivity index (χ1n) is 13.7. The van der Waals surface area contributed by atoms with E-state index >= 15 is 0 Å². The molecule has 1 aromatic rings. The molecular formula is C30H45FO. The average molecular weight is 441 g/mol. The molecule has 0 aromatic heterocycles. The Kier molecular flexibility index (Phi) is 8.72. The minimum absolute atomic E-state index is 0.0731. The molecule has 32 heavy (non-hydrogen) atoms. The highest BCUT2D eigenvalue weighted by Crippen LogP contribution is 2.49. The molecule has 0 N–H and O–H groups in total. The van der Waals surface area contributed by atoms with E-state index in [1.165, 1.54) is 77.0 Å². The van der Waals surface area contributed by atoms with Crippen molar-refractivity contribution in [2.45, 2.75) is 103 Å². The molecular weight excluding hydrogens is 395 g/mol. The van der Waals surface area contributed by atoms with Crippen molar-refractivity contribution in [3.63, 3.8) is 0 Å². The number of fused-ring (bicyclic) bond motifs is 1. The highest BCUT2D eigenvalue weighted by molar-refractivity contribution is 5.31. The summed E-state index contributed by atoms with van der Waals surface area (Å²) in [7, 11) is 0. The van der Waals surface area contributed by atoms with Gasteiger partial charge in [-0.25, -0.2) is 4.39 Å². The largest absolute Gasteiger partial charge is 0.493 e. The third-order valence-corrected chi connectivity index (χ3v) is 9.25. The molecule has 0 amide bonds. The summed E-state index contributed by atoms with van der Waals surface area (Å²) in [5, 5.41) is 0. The SMILES string of the molecule is C=CCCOc1ccc(C2CCC3CC(CCC4CCC(CC)CC4)CCC3C2)c(F)c1. The summed E-state index contributed by atoms with van der Waals surface area (Å²) in [6, 6.07) is 5.54. The molecule has 178 valence electrons. The van der Waals surface area contributed by atoms with Crippen LogP contribution < -0.4 is 4.74 Å². The van der Waals surface area contributed by atoms with Crippen LogP contribution >= 0.6 is 0 Å². The van der Waals surface area contributed by atoms with Crippen LogP contribution in [-0.2, 0) is 0 Å². The van der Waals surface area contributed by atoms with Crippen LogP contribution in [0.2, 0.25) is 0 Å². The van der Waals surface area contributed by atoms with Gasteiger partial charge in [0.05, 0.1) is 6.61 Å². The summed E-state index contributed by atoms with van der Waals surface area (Å²) < 4.78 is 20.5. The van der Waals surface area contributed by atoms with E-state index in [-0.39, 0.29) is 5.82 Å². The number of ether oxygens (including phenoxy) is 1. The van der Waals surface area contributed by atoms with Gasteiger partial charge in [0, 0.05) is 6.07 Å². The van der Waals surface area contributed by atoms with Crippen molar-refractivity contribution >= 4 is 0 Å². The van der Waals surface area contributed by atoms with Gasteiger partial charge in [0.2, 0.25) is 0 Å². The zero-order valence-corrected chi connectivity index (χ0v) is 20.4. The van der Waals surface area contributed by atoms with Crippen LogP contribution in [0.25, 0.3) is 0 Å². The van der Waals surface area contributed by atoms with Crippen LogP contribution in [0.5, 0.6) is 5.75 Å². The minimum atomic E-state index is -0.0731. The lowest BCUT2D eigenvalue weighted by molar-refractivity contribution is 0.108. The molecule has 1 nitrogen and oxygen atoms in total. The first-order valence-corrected chi connectivity index (χ1v) is 13.7. The summed E-state index contributed by atoms with van der Waals surface area (Å²) in [6.45, 7) is 6.63. The third-order valence-electron chi connectivity index (χ3n) is 9.25. The molecule has 0 radical (unpaired) electrons. The van der Waals surface area contributed by atoms with Crippen molar-refractivity contribution < 1.29 is 9.13 Å². The van der Waals surface area contributed by atoms with Gasteiger partial charge in [-0.1, -0.05) is 70.4 Å². The Morgan fingerprint density at radius 2 is 1.59 bits per heavy atom. The first-order chi connectivity index (χ1) is 15.7. The van der Waals surface area contributed by atoms with E-state index < -0.39 is 0 Å². The highest BCUT2D eigenvalue weighted by atomic mass is 19.1. The number of benzene rings is 1. The van der Waals surface area contributed by atoms with Crippen molar-refractivity contribution in [1.82, 2.24) is 0 Å². The van der Waals surface area contributed by atoms with E-state index in [0.717, 1.165) is 48.0 Å². The molecule has 4 unspecified atom stereocenters. The van der Waals surface area contributed by atoms with Crippen LogP contribution in [-0.4, -0.2) is 6.61 Å². The van der Waals surface area contributed by atoms with Gasteiger partial charge in [-0.2, -0.15) is 0 Å². The molecule has 1 aromatic carbocycles. The Balaban J connectivity index is 1.23. The van der Waals surface area contributed by atoms with Crippen LogP contribution in [0.15, 0.2) is 30.9 Å². The molecule has 0 heterocycles. The maximum Gasteiger partial charge on any atom is 0.130 e. The van der Waals surface area contributed by atoms with Crippen LogP contribution in [0.1, 0.15) is 108 Å². The maximum absolute atomic E-state index is 14.9. The van der Waals surface area contributed by atoms with E-state index in [0.29, 0.717) is 18.3 Å². The first kappa shape index (κ1) is 23.8. The monoisotopic (exact) mass is 440 g/mol. The Morgan fingerprint density at radius 3 is 2.34 bits per heavy atom. The minimum Gasteiger partial charge on any atom is -0.493 e. The standard InChI is InChI=1S/C30H45FO/c1-3-5-18-32-28-16-17-29(30(31)21-28)27-15-14-25-19-24(12-13-26(25)20-27)11-10-23-8-6-22(4-2)7-9-23/h3,16-17,21-27H,1,4-15,18-20H2,2H3. The molecule has 0 aliphatic heterocycles. The van der Waals surface area contributed by atoms with Crippen LogP contribution in [0.3, 0.4) is 0 Å². The van der Waals surface area contributed by atoms with E-state index in [4.69, 9.17) is 4.74 Å². The summed E-state index contributed by atoms with van der Waals surface area (Å²) in [5.74, 6) is 5.66. The average Bonchev–Trinajstić information content (AvgIpc) is 2.83. The lowest BCUT2D eigenvalue weighted by Crippen LogP contribution is -2.31. The quantitative estimate of drug-likeness (QED) is 0.275. The fraction of sp³-hybridized carbons (Fsp3) is 0.733. The molecule has 3 aliphatic carbocycles. The molecule has 0 saturated heterocycles. The lowest BCUT2D eigenvalue weighted by Gasteiger charge is -2.43. The smallest absolute Gasteiger partial charge is 0.130 e. The normalized spacial score (nSPS) is 32.8. The lowest BCUT2D eigenvalue weighted by atomic mass is 9.63. The second kappa shape index (κ2) is 11.7. The molecule has 0 bridgehead atoms. The predicted molar refractivity (Wildman–Crippen MR) is 133 cm³/mol. The molecule has 4 atom stereocenters. The van der Waals surface area contributed by atoms with E-state index in [2.05, 4.69) is 13.5 Å². The second-order valence-electron chi connectivity index (χ2n) is 11.2.